The molecule has 0 aromatic heterocycles. The summed E-state index contributed by atoms with van der Waals surface area (Å²) in [5.74, 6) is 0.562. The van der Waals surface area contributed by atoms with E-state index < -0.39 is 10.3 Å². The van der Waals surface area contributed by atoms with Gasteiger partial charge in [-0.05, 0) is 23.8 Å². The summed E-state index contributed by atoms with van der Waals surface area (Å²) in [5, 5.41) is -0.258. The van der Waals surface area contributed by atoms with Crippen molar-refractivity contribution in [2.45, 2.75) is 22.0 Å². The van der Waals surface area contributed by atoms with Gasteiger partial charge in [0.25, 0.3) is 0 Å². The Morgan fingerprint density at radius 3 is 2.38 bits per heavy atom. The molecule has 2 bridgehead atoms. The number of rotatable bonds is 2. The first kappa shape index (κ1) is 13.9. The van der Waals surface area contributed by atoms with Crippen LogP contribution < -0.4 is 0 Å². The first-order chi connectivity index (χ1) is 7.50. The minimum atomic E-state index is -0.615. The number of allylic oxidation sites excluding steroid dienone is 1. The topological polar surface area (TPSA) is 0 Å². The quantitative estimate of drug-likeness (QED) is 0.619. The Morgan fingerprint density at radius 2 is 1.94 bits per heavy atom. The van der Waals surface area contributed by atoms with Crippen LogP contribution in [-0.2, 0) is 0 Å². The Bertz CT molecular complexity index is 314. The highest BCUT2D eigenvalue weighted by Crippen LogP contribution is 2.65. The van der Waals surface area contributed by atoms with Crippen molar-refractivity contribution in [3.05, 3.63) is 11.1 Å². The lowest BCUT2D eigenvalue weighted by molar-refractivity contribution is 0.289. The summed E-state index contributed by atoms with van der Waals surface area (Å²) in [6.07, 6.45) is 0.865. The van der Waals surface area contributed by atoms with E-state index in [0.717, 1.165) is 12.0 Å². The molecule has 0 unspecified atom stereocenters. The van der Waals surface area contributed by atoms with Gasteiger partial charge in [-0.2, -0.15) is 0 Å². The molecule has 0 heterocycles. The Balaban J connectivity index is 2.47. The maximum absolute atomic E-state index is 6.31. The van der Waals surface area contributed by atoms with Crippen LogP contribution in [0.4, 0.5) is 0 Å². The summed E-state index contributed by atoms with van der Waals surface area (Å²) in [4.78, 5) is -0.615. The number of halogens is 6. The van der Waals surface area contributed by atoms with Crippen LogP contribution in [0.3, 0.4) is 0 Å². The van der Waals surface area contributed by atoms with Gasteiger partial charge in [-0.1, -0.05) is 11.6 Å². The van der Waals surface area contributed by atoms with Gasteiger partial charge in [-0.25, -0.2) is 0 Å². The summed E-state index contributed by atoms with van der Waals surface area (Å²) >= 11 is 36.7. The Kier molecular flexibility index (Phi) is 4.23. The van der Waals surface area contributed by atoms with Crippen LogP contribution in [0.2, 0.25) is 0 Å². The van der Waals surface area contributed by atoms with E-state index in [2.05, 4.69) is 0 Å². The van der Waals surface area contributed by atoms with Crippen molar-refractivity contribution >= 4 is 69.6 Å². The van der Waals surface area contributed by atoms with Gasteiger partial charge < -0.3 is 0 Å². The average Bonchev–Trinajstić information content (AvgIpc) is 2.74. The SMILES string of the molecule is Cl/C=C1\[C@H]2C[C@H]([C@@H](Cl)[C@@H]2Cl)[C@@]1(CCl)C(Cl)Cl. The largest absolute Gasteiger partial charge is 0.126 e. The molecule has 0 N–H and O–H groups in total. The van der Waals surface area contributed by atoms with Crippen LogP contribution in [0.5, 0.6) is 0 Å². The molecule has 6 heteroatoms. The lowest BCUT2D eigenvalue weighted by atomic mass is 9.72. The van der Waals surface area contributed by atoms with Crippen LogP contribution in [0, 0.1) is 17.3 Å². The van der Waals surface area contributed by atoms with E-state index in [0.29, 0.717) is 5.88 Å². The van der Waals surface area contributed by atoms with E-state index >= 15 is 0 Å². The van der Waals surface area contributed by atoms with E-state index in [-0.39, 0.29) is 22.6 Å². The van der Waals surface area contributed by atoms with Crippen molar-refractivity contribution in [1.29, 1.82) is 0 Å². The second-order valence-corrected chi connectivity index (χ2v) is 6.97. The zero-order valence-corrected chi connectivity index (χ0v) is 12.7. The monoisotopic (exact) mass is 340 g/mol. The number of hydrogen-bond acceptors (Lipinski definition) is 0. The molecule has 0 radical (unpaired) electrons. The van der Waals surface area contributed by atoms with Gasteiger partial charge in [-0.15, -0.1) is 58.0 Å². The van der Waals surface area contributed by atoms with Crippen LogP contribution in [-0.4, -0.2) is 21.5 Å². The van der Waals surface area contributed by atoms with Gasteiger partial charge in [0.05, 0.1) is 10.8 Å². The molecule has 2 aliphatic carbocycles. The molecule has 0 spiro atoms. The molecule has 16 heavy (non-hydrogen) atoms. The fraction of sp³-hybridized carbons (Fsp3) is 0.800. The van der Waals surface area contributed by atoms with Gasteiger partial charge in [-0.3, -0.25) is 0 Å². The summed E-state index contributed by atoms with van der Waals surface area (Å²) in [6.45, 7) is 0. The minimum absolute atomic E-state index is 0.101. The molecular formula is C10H10Cl6. The van der Waals surface area contributed by atoms with E-state index in [1.165, 1.54) is 5.54 Å². The second kappa shape index (κ2) is 4.87. The molecular weight excluding hydrogens is 333 g/mol. The third-order valence-electron chi connectivity index (χ3n) is 3.91. The van der Waals surface area contributed by atoms with Crippen LogP contribution in [0.1, 0.15) is 6.42 Å². The Hall–Kier alpha value is 1.48. The van der Waals surface area contributed by atoms with Crippen molar-refractivity contribution in [2.75, 3.05) is 5.88 Å². The van der Waals surface area contributed by atoms with Crippen molar-refractivity contribution in [1.82, 2.24) is 0 Å². The molecule has 0 nitrogen and oxygen atoms in total. The first-order valence-electron chi connectivity index (χ1n) is 4.93. The molecule has 0 aliphatic heterocycles. The molecule has 2 fully saturated rings. The molecule has 0 aromatic carbocycles. The zero-order chi connectivity index (χ0) is 12.1. The van der Waals surface area contributed by atoms with Gasteiger partial charge in [0.15, 0.2) is 0 Å². The lowest BCUT2D eigenvalue weighted by Crippen LogP contribution is -2.46. The normalized spacial score (nSPS) is 49.6. The fourth-order valence-corrected chi connectivity index (χ4v) is 5.71. The summed E-state index contributed by atoms with van der Waals surface area (Å²) in [7, 11) is 0. The maximum Gasteiger partial charge on any atom is 0.118 e. The number of hydrogen-bond donors (Lipinski definition) is 0. The van der Waals surface area contributed by atoms with Crippen molar-refractivity contribution in [2.24, 2.45) is 17.3 Å². The Morgan fingerprint density at radius 1 is 1.31 bits per heavy atom. The Labute approximate surface area is 125 Å². The molecule has 0 amide bonds. The van der Waals surface area contributed by atoms with E-state index in [4.69, 9.17) is 69.6 Å². The standard InChI is InChI=1S/C10H10Cl6/c11-2-6-4-1-5(8(14)7(4)13)10(6,3-12)9(15)16/h2,4-5,7-9H,1,3H2/b6-2+/t4-,5-,7-,8-,10-/m1/s1. The predicted octanol–water partition coefficient (Wildman–Crippen LogP) is 5.00. The molecule has 2 aliphatic rings. The highest BCUT2D eigenvalue weighted by molar-refractivity contribution is 6.45. The van der Waals surface area contributed by atoms with Crippen LogP contribution >= 0.6 is 69.6 Å². The van der Waals surface area contributed by atoms with Gasteiger partial charge >= 0.3 is 0 Å². The zero-order valence-electron chi connectivity index (χ0n) is 8.15. The van der Waals surface area contributed by atoms with Gasteiger partial charge in [0.1, 0.15) is 4.84 Å². The number of alkyl halides is 5. The third kappa shape index (κ3) is 1.64. The minimum Gasteiger partial charge on any atom is -0.126 e. The van der Waals surface area contributed by atoms with Gasteiger partial charge in [0.2, 0.25) is 0 Å². The molecule has 5 atom stereocenters. The lowest BCUT2D eigenvalue weighted by Gasteiger charge is -2.42. The van der Waals surface area contributed by atoms with Crippen molar-refractivity contribution in [3.8, 4) is 0 Å². The average molecular weight is 343 g/mol. The van der Waals surface area contributed by atoms with E-state index in [1.807, 2.05) is 0 Å². The highest BCUT2D eigenvalue weighted by Gasteiger charge is 2.64. The maximum atomic E-state index is 6.31. The van der Waals surface area contributed by atoms with E-state index in [9.17, 15) is 0 Å². The molecule has 0 saturated heterocycles. The van der Waals surface area contributed by atoms with E-state index in [1.54, 1.807) is 0 Å². The highest BCUT2D eigenvalue weighted by atomic mass is 35.5. The first-order valence-corrected chi connectivity index (χ1v) is 7.65. The van der Waals surface area contributed by atoms with Crippen LogP contribution in [0.25, 0.3) is 0 Å². The summed E-state index contributed by atoms with van der Waals surface area (Å²) in [5.41, 5.74) is 1.97. The number of fused-ring (bicyclic) bond motifs is 2. The van der Waals surface area contributed by atoms with Gasteiger partial charge in [0, 0.05) is 16.8 Å². The van der Waals surface area contributed by atoms with Crippen molar-refractivity contribution < 1.29 is 0 Å². The smallest absolute Gasteiger partial charge is 0.118 e. The molecule has 0 aromatic rings. The third-order valence-corrected chi connectivity index (χ3v) is 6.64. The summed E-state index contributed by atoms with van der Waals surface area (Å²) in [6, 6.07) is 0. The second-order valence-electron chi connectivity index (χ2n) is 4.38. The molecule has 2 rings (SSSR count). The van der Waals surface area contributed by atoms with Crippen molar-refractivity contribution in [3.63, 3.8) is 0 Å². The molecule has 2 saturated carbocycles. The predicted molar refractivity (Wildman–Crippen MR) is 73.5 cm³/mol. The summed E-state index contributed by atoms with van der Waals surface area (Å²) < 4.78 is 0. The molecule has 92 valence electrons. The fourth-order valence-electron chi connectivity index (χ4n) is 3.03. The van der Waals surface area contributed by atoms with Crippen LogP contribution in [0.15, 0.2) is 11.1 Å².